The number of ether oxygens (including phenoxy) is 1. The normalized spacial score (nSPS) is 12.2. The SMILES string of the molecule is CCCCCCCCCC(=CC(=O)O)OC(=O)C=C(O)CCCCCCC. The van der Waals surface area contributed by atoms with Gasteiger partial charge in [-0.05, 0) is 12.8 Å². The Balaban J connectivity index is 4.24. The Morgan fingerprint density at radius 3 is 1.70 bits per heavy atom. The molecule has 0 atom stereocenters. The van der Waals surface area contributed by atoms with Crippen LogP contribution in [0.5, 0.6) is 0 Å². The summed E-state index contributed by atoms with van der Waals surface area (Å²) in [6.45, 7) is 4.32. The van der Waals surface area contributed by atoms with Crippen LogP contribution in [0.25, 0.3) is 0 Å². The molecule has 0 unspecified atom stereocenters. The van der Waals surface area contributed by atoms with Crippen molar-refractivity contribution in [2.24, 2.45) is 0 Å². The van der Waals surface area contributed by atoms with Crippen molar-refractivity contribution in [3.63, 3.8) is 0 Å². The molecule has 156 valence electrons. The number of unbranched alkanes of at least 4 members (excludes halogenated alkanes) is 10. The summed E-state index contributed by atoms with van der Waals surface area (Å²) in [6, 6.07) is 0. The molecule has 27 heavy (non-hydrogen) atoms. The zero-order valence-corrected chi connectivity index (χ0v) is 17.2. The maximum absolute atomic E-state index is 11.9. The molecule has 0 fully saturated rings. The van der Waals surface area contributed by atoms with Crippen molar-refractivity contribution in [3.8, 4) is 0 Å². The number of esters is 1. The second kappa shape index (κ2) is 17.6. The topological polar surface area (TPSA) is 83.8 Å². The van der Waals surface area contributed by atoms with E-state index < -0.39 is 11.9 Å². The predicted octanol–water partition coefficient (Wildman–Crippen LogP) is 6.44. The monoisotopic (exact) mass is 382 g/mol. The van der Waals surface area contributed by atoms with Crippen molar-refractivity contribution in [2.75, 3.05) is 0 Å². The summed E-state index contributed by atoms with van der Waals surface area (Å²) < 4.78 is 5.13. The van der Waals surface area contributed by atoms with Crippen molar-refractivity contribution in [3.05, 3.63) is 23.7 Å². The number of aliphatic hydroxyl groups is 1. The Morgan fingerprint density at radius 1 is 0.704 bits per heavy atom. The Bertz CT molecular complexity index is 465. The van der Waals surface area contributed by atoms with Crippen molar-refractivity contribution in [1.29, 1.82) is 0 Å². The first kappa shape index (κ1) is 25.2. The van der Waals surface area contributed by atoms with Crippen molar-refractivity contribution < 1.29 is 24.5 Å². The molecule has 0 heterocycles. The Morgan fingerprint density at radius 2 is 1.19 bits per heavy atom. The number of aliphatic hydroxyl groups excluding tert-OH is 1. The second-order valence-corrected chi connectivity index (χ2v) is 7.04. The molecule has 0 aromatic carbocycles. The summed E-state index contributed by atoms with van der Waals surface area (Å²) in [6.07, 6.45) is 15.9. The van der Waals surface area contributed by atoms with E-state index in [9.17, 15) is 14.7 Å². The Hall–Kier alpha value is -1.78. The van der Waals surface area contributed by atoms with Crippen LogP contribution in [0, 0.1) is 0 Å². The molecular formula is C22H38O5. The highest BCUT2D eigenvalue weighted by atomic mass is 16.5. The molecule has 0 spiro atoms. The lowest BCUT2D eigenvalue weighted by Crippen LogP contribution is -2.05. The van der Waals surface area contributed by atoms with Gasteiger partial charge < -0.3 is 14.9 Å². The van der Waals surface area contributed by atoms with Crippen LogP contribution in [0.4, 0.5) is 0 Å². The highest BCUT2D eigenvalue weighted by molar-refractivity contribution is 5.85. The van der Waals surface area contributed by atoms with E-state index in [-0.39, 0.29) is 11.5 Å². The highest BCUT2D eigenvalue weighted by Crippen LogP contribution is 2.15. The first-order chi connectivity index (χ1) is 13.0. The minimum Gasteiger partial charge on any atom is -0.512 e. The molecule has 0 aliphatic carbocycles. The quantitative estimate of drug-likeness (QED) is 0.131. The maximum Gasteiger partial charge on any atom is 0.339 e. The number of aliphatic carboxylic acids is 1. The van der Waals surface area contributed by atoms with Crippen molar-refractivity contribution in [2.45, 2.75) is 104 Å². The van der Waals surface area contributed by atoms with Gasteiger partial charge in [-0.2, -0.15) is 0 Å². The van der Waals surface area contributed by atoms with E-state index in [2.05, 4.69) is 13.8 Å². The van der Waals surface area contributed by atoms with Gasteiger partial charge >= 0.3 is 11.9 Å². The van der Waals surface area contributed by atoms with Gasteiger partial charge in [-0.15, -0.1) is 0 Å². The summed E-state index contributed by atoms with van der Waals surface area (Å²) in [7, 11) is 0. The number of hydrogen-bond acceptors (Lipinski definition) is 4. The van der Waals surface area contributed by atoms with E-state index in [1.165, 1.54) is 32.1 Å². The maximum atomic E-state index is 11.9. The number of allylic oxidation sites excluding steroid dienone is 2. The number of carboxylic acids is 1. The summed E-state index contributed by atoms with van der Waals surface area (Å²) >= 11 is 0. The first-order valence-electron chi connectivity index (χ1n) is 10.5. The van der Waals surface area contributed by atoms with Crippen LogP contribution in [0.3, 0.4) is 0 Å². The Labute approximate surface area is 164 Å². The minimum absolute atomic E-state index is 0.0119. The lowest BCUT2D eigenvalue weighted by Gasteiger charge is -2.07. The molecule has 5 heteroatoms. The molecule has 0 aromatic rings. The summed E-state index contributed by atoms with van der Waals surface area (Å²) in [4.78, 5) is 22.8. The highest BCUT2D eigenvalue weighted by Gasteiger charge is 2.09. The number of carbonyl (C=O) groups excluding carboxylic acids is 1. The molecule has 0 rings (SSSR count). The van der Waals surface area contributed by atoms with Crippen LogP contribution in [-0.4, -0.2) is 22.2 Å². The zero-order chi connectivity index (χ0) is 20.3. The number of carboxylic acid groups (broad SMARTS) is 1. The average Bonchev–Trinajstić information content (AvgIpc) is 2.60. The van der Waals surface area contributed by atoms with Gasteiger partial charge in [0.25, 0.3) is 0 Å². The molecule has 0 aromatic heterocycles. The fourth-order valence-electron chi connectivity index (χ4n) is 2.82. The molecule has 0 aliphatic heterocycles. The van der Waals surface area contributed by atoms with Gasteiger partial charge in [0.2, 0.25) is 0 Å². The van der Waals surface area contributed by atoms with E-state index in [0.717, 1.165) is 57.1 Å². The smallest absolute Gasteiger partial charge is 0.339 e. The van der Waals surface area contributed by atoms with E-state index in [4.69, 9.17) is 9.84 Å². The first-order valence-corrected chi connectivity index (χ1v) is 10.5. The van der Waals surface area contributed by atoms with E-state index >= 15 is 0 Å². The lowest BCUT2D eigenvalue weighted by molar-refractivity contribution is -0.134. The summed E-state index contributed by atoms with van der Waals surface area (Å²) in [5, 5.41) is 18.7. The van der Waals surface area contributed by atoms with Crippen molar-refractivity contribution in [1.82, 2.24) is 0 Å². The van der Waals surface area contributed by atoms with Crippen LogP contribution in [0.2, 0.25) is 0 Å². The van der Waals surface area contributed by atoms with E-state index in [0.29, 0.717) is 12.8 Å². The summed E-state index contributed by atoms with van der Waals surface area (Å²) in [5.41, 5.74) is 0. The molecule has 0 saturated heterocycles. The molecule has 0 radical (unpaired) electrons. The summed E-state index contributed by atoms with van der Waals surface area (Å²) in [5.74, 6) is -1.71. The number of carbonyl (C=O) groups is 2. The standard InChI is InChI=1S/C22H38O5/c1-3-5-7-9-10-12-14-16-20(18-21(24)25)27-22(26)17-19(23)15-13-11-8-6-4-2/h17-18,23H,3-16H2,1-2H3,(H,24,25). The third kappa shape index (κ3) is 17.4. The molecule has 5 nitrogen and oxygen atoms in total. The van der Waals surface area contributed by atoms with Gasteiger partial charge in [-0.25, -0.2) is 9.59 Å². The van der Waals surface area contributed by atoms with Crippen LogP contribution < -0.4 is 0 Å². The predicted molar refractivity (Wildman–Crippen MR) is 109 cm³/mol. The molecular weight excluding hydrogens is 344 g/mol. The van der Waals surface area contributed by atoms with Gasteiger partial charge in [-0.1, -0.05) is 78.1 Å². The van der Waals surface area contributed by atoms with Crippen LogP contribution in [0.1, 0.15) is 104 Å². The molecule has 0 aliphatic rings. The van der Waals surface area contributed by atoms with Gasteiger partial charge in [0.15, 0.2) is 0 Å². The number of rotatable bonds is 17. The fourth-order valence-corrected chi connectivity index (χ4v) is 2.82. The van der Waals surface area contributed by atoms with Gasteiger partial charge in [0.1, 0.15) is 5.76 Å². The second-order valence-electron chi connectivity index (χ2n) is 7.04. The number of hydrogen-bond donors (Lipinski definition) is 2. The van der Waals surface area contributed by atoms with Crippen LogP contribution >= 0.6 is 0 Å². The molecule has 0 saturated carbocycles. The van der Waals surface area contributed by atoms with Gasteiger partial charge in [0, 0.05) is 12.8 Å². The molecule has 0 bridgehead atoms. The lowest BCUT2D eigenvalue weighted by atomic mass is 10.1. The van der Waals surface area contributed by atoms with Crippen molar-refractivity contribution >= 4 is 11.9 Å². The van der Waals surface area contributed by atoms with E-state index in [1.807, 2.05) is 0 Å². The largest absolute Gasteiger partial charge is 0.512 e. The Kier molecular flexibility index (Phi) is 16.5. The average molecular weight is 383 g/mol. The van der Waals surface area contributed by atoms with Crippen LogP contribution in [0.15, 0.2) is 23.7 Å². The van der Waals surface area contributed by atoms with Gasteiger partial charge in [0.05, 0.1) is 17.9 Å². The molecule has 2 N–H and O–H groups in total. The fraction of sp³-hybridized carbons (Fsp3) is 0.727. The van der Waals surface area contributed by atoms with Gasteiger partial charge in [-0.3, -0.25) is 0 Å². The third-order valence-electron chi connectivity index (χ3n) is 4.36. The van der Waals surface area contributed by atoms with E-state index in [1.54, 1.807) is 0 Å². The van der Waals surface area contributed by atoms with Crippen LogP contribution in [-0.2, 0) is 14.3 Å². The molecule has 0 amide bonds. The third-order valence-corrected chi connectivity index (χ3v) is 4.36. The minimum atomic E-state index is -1.13. The zero-order valence-electron chi connectivity index (χ0n) is 17.2.